The number of ether oxygens (including phenoxy) is 1. The number of carbonyl (C=O) groups is 2. The zero-order chi connectivity index (χ0) is 24.4. The van der Waals surface area contributed by atoms with E-state index >= 15 is 0 Å². The van der Waals surface area contributed by atoms with Gasteiger partial charge in [0.1, 0.15) is 12.3 Å². The molecule has 6 nitrogen and oxygen atoms in total. The van der Waals surface area contributed by atoms with E-state index < -0.39 is 0 Å². The summed E-state index contributed by atoms with van der Waals surface area (Å²) in [7, 11) is 1.51. The van der Waals surface area contributed by atoms with Crippen molar-refractivity contribution in [3.05, 3.63) is 81.9 Å². The van der Waals surface area contributed by atoms with Gasteiger partial charge in [0.15, 0.2) is 0 Å². The van der Waals surface area contributed by atoms with E-state index in [0.717, 1.165) is 22.3 Å². The molecule has 3 aromatic rings. The number of fused-ring (bicyclic) bond motifs is 1. The summed E-state index contributed by atoms with van der Waals surface area (Å²) in [5.41, 5.74) is 6.37. The Morgan fingerprint density at radius 3 is 2.59 bits per heavy atom. The highest BCUT2D eigenvalue weighted by molar-refractivity contribution is 6.31. The zero-order valence-corrected chi connectivity index (χ0v) is 20.4. The number of amides is 2. The van der Waals surface area contributed by atoms with Crippen LogP contribution in [0.3, 0.4) is 0 Å². The van der Waals surface area contributed by atoms with Gasteiger partial charge in [0.2, 0.25) is 11.8 Å². The highest BCUT2D eigenvalue weighted by atomic mass is 35.5. The first-order chi connectivity index (χ1) is 16.3. The molecule has 0 saturated heterocycles. The summed E-state index contributed by atoms with van der Waals surface area (Å²) >= 11 is 6.18. The summed E-state index contributed by atoms with van der Waals surface area (Å²) in [4.78, 5) is 32.7. The Balaban J connectivity index is 1.63. The van der Waals surface area contributed by atoms with E-state index in [1.807, 2.05) is 57.2 Å². The molecule has 0 bridgehead atoms. The minimum atomic E-state index is -0.349. The molecule has 34 heavy (non-hydrogen) atoms. The lowest BCUT2D eigenvalue weighted by molar-refractivity contribution is -0.120. The molecule has 0 radical (unpaired) electrons. The normalized spacial score (nSPS) is 13.1. The first-order valence-electron chi connectivity index (χ1n) is 11.0. The van der Waals surface area contributed by atoms with Gasteiger partial charge in [-0.25, -0.2) is 0 Å². The maximum absolute atomic E-state index is 13.4. The number of methoxy groups -OCH3 is 1. The van der Waals surface area contributed by atoms with Crippen LogP contribution in [-0.4, -0.2) is 31.2 Å². The maximum atomic E-state index is 13.4. The van der Waals surface area contributed by atoms with Gasteiger partial charge in [-0.15, -0.1) is 0 Å². The average molecular weight is 476 g/mol. The van der Waals surface area contributed by atoms with Crippen molar-refractivity contribution < 1.29 is 14.3 Å². The van der Waals surface area contributed by atoms with E-state index in [4.69, 9.17) is 21.3 Å². The molecular weight excluding hydrogens is 450 g/mol. The molecule has 0 spiro atoms. The second-order valence-corrected chi connectivity index (χ2v) is 8.78. The van der Waals surface area contributed by atoms with E-state index in [1.54, 1.807) is 12.1 Å². The average Bonchev–Trinajstić information content (AvgIpc) is 2.92. The zero-order valence-electron chi connectivity index (χ0n) is 19.6. The van der Waals surface area contributed by atoms with Crippen LogP contribution in [0, 0.1) is 20.8 Å². The van der Waals surface area contributed by atoms with Gasteiger partial charge in [-0.05, 0) is 55.7 Å². The predicted molar refractivity (Wildman–Crippen MR) is 137 cm³/mol. The van der Waals surface area contributed by atoms with Crippen molar-refractivity contribution in [3.63, 3.8) is 0 Å². The van der Waals surface area contributed by atoms with Gasteiger partial charge >= 0.3 is 0 Å². The lowest BCUT2D eigenvalue weighted by atomic mass is 9.99. The number of carbonyl (C=O) groups excluding carboxylic acids is 2. The molecule has 7 heteroatoms. The van der Waals surface area contributed by atoms with Gasteiger partial charge in [-0.3, -0.25) is 14.6 Å². The van der Waals surface area contributed by atoms with Gasteiger partial charge in [0.05, 0.1) is 36.3 Å². The van der Waals surface area contributed by atoms with Crippen molar-refractivity contribution in [1.82, 2.24) is 0 Å². The number of nitrogens with one attached hydrogen (secondary N) is 1. The maximum Gasteiger partial charge on any atom is 0.244 e. The molecule has 1 heterocycles. The van der Waals surface area contributed by atoms with E-state index in [9.17, 15) is 9.59 Å². The number of rotatable bonds is 5. The van der Waals surface area contributed by atoms with Crippen LogP contribution >= 0.6 is 11.6 Å². The first kappa shape index (κ1) is 23.5. The van der Waals surface area contributed by atoms with Gasteiger partial charge in [0, 0.05) is 11.1 Å². The Morgan fingerprint density at radius 1 is 1.09 bits per heavy atom. The van der Waals surface area contributed by atoms with Crippen LogP contribution in [0.1, 0.15) is 28.7 Å². The van der Waals surface area contributed by atoms with E-state index in [0.29, 0.717) is 33.5 Å². The van der Waals surface area contributed by atoms with Crippen molar-refractivity contribution in [1.29, 1.82) is 0 Å². The second-order valence-electron chi connectivity index (χ2n) is 8.37. The molecule has 0 unspecified atom stereocenters. The van der Waals surface area contributed by atoms with Crippen LogP contribution in [0.25, 0.3) is 0 Å². The van der Waals surface area contributed by atoms with Crippen LogP contribution < -0.4 is 15.0 Å². The van der Waals surface area contributed by atoms with E-state index in [1.165, 1.54) is 12.0 Å². The van der Waals surface area contributed by atoms with E-state index in [-0.39, 0.29) is 24.8 Å². The van der Waals surface area contributed by atoms with Crippen LogP contribution in [0.15, 0.2) is 59.6 Å². The number of nitrogens with zero attached hydrogens (tertiary/aromatic N) is 2. The number of para-hydroxylation sites is 2. The molecule has 174 valence electrons. The second kappa shape index (κ2) is 9.69. The highest BCUT2D eigenvalue weighted by Crippen LogP contribution is 2.34. The molecular formula is C27H26ClN3O3. The number of benzene rings is 3. The van der Waals surface area contributed by atoms with Crippen molar-refractivity contribution in [2.75, 3.05) is 23.9 Å². The van der Waals surface area contributed by atoms with Crippen molar-refractivity contribution in [2.45, 2.75) is 27.2 Å². The quantitative estimate of drug-likeness (QED) is 0.509. The molecule has 1 N–H and O–H groups in total. The van der Waals surface area contributed by atoms with Gasteiger partial charge in [-0.1, -0.05) is 47.5 Å². The van der Waals surface area contributed by atoms with Crippen molar-refractivity contribution in [2.24, 2.45) is 4.99 Å². The third kappa shape index (κ3) is 4.82. The van der Waals surface area contributed by atoms with Gasteiger partial charge in [-0.2, -0.15) is 0 Å². The summed E-state index contributed by atoms with van der Waals surface area (Å²) < 4.78 is 5.35. The molecule has 0 aliphatic carbocycles. The Hall–Kier alpha value is -3.64. The summed E-state index contributed by atoms with van der Waals surface area (Å²) in [5.74, 6) is -0.0942. The summed E-state index contributed by atoms with van der Waals surface area (Å²) in [6, 6.07) is 16.9. The third-order valence-corrected chi connectivity index (χ3v) is 6.20. The Bertz CT molecular complexity index is 1320. The van der Waals surface area contributed by atoms with Gasteiger partial charge < -0.3 is 15.0 Å². The number of hydrogen-bond donors (Lipinski definition) is 1. The fourth-order valence-electron chi connectivity index (χ4n) is 4.07. The smallest absolute Gasteiger partial charge is 0.244 e. The fourth-order valence-corrected chi connectivity index (χ4v) is 4.23. The number of aliphatic imine (C=N–C) groups is 1. The molecule has 2 amide bonds. The first-order valence-corrected chi connectivity index (χ1v) is 11.3. The van der Waals surface area contributed by atoms with Crippen LogP contribution in [0.2, 0.25) is 5.02 Å². The topological polar surface area (TPSA) is 71.0 Å². The molecule has 1 aliphatic rings. The van der Waals surface area contributed by atoms with Crippen LogP contribution in [-0.2, 0) is 9.59 Å². The Morgan fingerprint density at radius 2 is 1.85 bits per heavy atom. The lowest BCUT2D eigenvalue weighted by Gasteiger charge is -2.22. The summed E-state index contributed by atoms with van der Waals surface area (Å²) in [6.07, 6.45) is 0.0925. The molecule has 4 rings (SSSR count). The van der Waals surface area contributed by atoms with Gasteiger partial charge in [0.25, 0.3) is 0 Å². The highest BCUT2D eigenvalue weighted by Gasteiger charge is 2.27. The molecule has 0 aromatic heterocycles. The fraction of sp³-hybridized carbons (Fsp3) is 0.222. The number of hydrogen-bond acceptors (Lipinski definition) is 4. The summed E-state index contributed by atoms with van der Waals surface area (Å²) in [6.45, 7) is 5.73. The largest absolute Gasteiger partial charge is 0.495 e. The third-order valence-electron chi connectivity index (χ3n) is 5.80. The Kier molecular flexibility index (Phi) is 6.70. The minimum absolute atomic E-state index is 0.0925. The molecule has 0 atom stereocenters. The van der Waals surface area contributed by atoms with E-state index in [2.05, 4.69) is 11.4 Å². The minimum Gasteiger partial charge on any atom is -0.495 e. The SMILES string of the molecule is COc1cc(Cl)c(C)cc1NC(=O)CN1C(=O)CC(c2ccc(C)cc2C)=Nc2ccccc21. The number of halogens is 1. The van der Waals surface area contributed by atoms with Crippen molar-refractivity contribution in [3.8, 4) is 5.75 Å². The predicted octanol–water partition coefficient (Wildman–Crippen LogP) is 5.77. The molecule has 1 aliphatic heterocycles. The lowest BCUT2D eigenvalue weighted by Crippen LogP contribution is -2.38. The standard InChI is InChI=1S/C27H26ClN3O3/c1-16-9-10-19(17(2)11-16)22-14-27(33)31(24-8-6-5-7-21(24)29-22)15-26(32)30-23-12-18(3)20(28)13-25(23)34-4/h5-13H,14-15H2,1-4H3,(H,30,32). The monoisotopic (exact) mass is 475 g/mol. The van der Waals surface area contributed by atoms with Crippen LogP contribution in [0.4, 0.5) is 17.1 Å². The Labute approximate surface area is 204 Å². The summed E-state index contributed by atoms with van der Waals surface area (Å²) in [5, 5.41) is 3.40. The molecule has 0 saturated carbocycles. The number of aryl methyl sites for hydroxylation is 3. The molecule has 3 aromatic carbocycles. The number of anilines is 2. The molecule has 0 fully saturated rings. The van der Waals surface area contributed by atoms with Crippen molar-refractivity contribution >= 4 is 46.2 Å². The van der Waals surface area contributed by atoms with Crippen LogP contribution in [0.5, 0.6) is 5.75 Å².